The molecular weight excluding hydrogens is 380 g/mol. The van der Waals surface area contributed by atoms with Gasteiger partial charge in [-0.05, 0) is 19.1 Å². The molecule has 0 fully saturated rings. The summed E-state index contributed by atoms with van der Waals surface area (Å²) in [5.74, 6) is -0.579. The zero-order chi connectivity index (χ0) is 20.5. The molecule has 2 heterocycles. The third-order valence-electron chi connectivity index (χ3n) is 4.64. The molecule has 0 saturated carbocycles. The third kappa shape index (κ3) is 3.49. The molecule has 2 unspecified atom stereocenters. The summed E-state index contributed by atoms with van der Waals surface area (Å²) in [6, 6.07) is 9.11. The lowest BCUT2D eigenvalue weighted by Crippen LogP contribution is -2.45. The summed E-state index contributed by atoms with van der Waals surface area (Å²) in [5.41, 5.74) is -0.109. The number of ether oxygens (including phenoxy) is 2. The van der Waals surface area contributed by atoms with Gasteiger partial charge in [0.2, 0.25) is 18.6 Å². The molecule has 3 rings (SSSR count). The number of thioether (sulfide) groups is 1. The Hall–Kier alpha value is -3.17. The van der Waals surface area contributed by atoms with Crippen LogP contribution in [0.5, 0.6) is 11.5 Å². The first-order valence-corrected chi connectivity index (χ1v) is 9.38. The second-order valence-corrected chi connectivity index (χ2v) is 8.26. The fourth-order valence-corrected chi connectivity index (χ4v) is 4.07. The van der Waals surface area contributed by atoms with Crippen molar-refractivity contribution in [2.45, 2.75) is 26.0 Å². The predicted octanol–water partition coefficient (Wildman–Crippen LogP) is 2.51. The number of hydrogen-bond acceptors (Lipinski definition) is 7. The molecule has 2 atom stereocenters. The monoisotopic (exact) mass is 398 g/mol. The number of allylic oxidation sites excluding steroid dienone is 1. The molecule has 1 aromatic rings. The highest BCUT2D eigenvalue weighted by Crippen LogP contribution is 2.42. The summed E-state index contributed by atoms with van der Waals surface area (Å²) < 4.78 is 10.5. The minimum Gasteiger partial charge on any atom is -0.454 e. The molecule has 0 spiro atoms. The molecule has 28 heavy (non-hydrogen) atoms. The summed E-state index contributed by atoms with van der Waals surface area (Å²) in [5, 5.41) is 23.9. The summed E-state index contributed by atoms with van der Waals surface area (Å²) >= 11 is 1.07. The molecule has 0 radical (unpaired) electrons. The van der Waals surface area contributed by atoms with E-state index in [9.17, 15) is 20.1 Å². The van der Waals surface area contributed by atoms with E-state index in [-0.39, 0.29) is 18.3 Å². The van der Waals surface area contributed by atoms with E-state index in [1.54, 1.807) is 39.0 Å². The lowest BCUT2D eigenvalue weighted by molar-refractivity contribution is -0.125. The van der Waals surface area contributed by atoms with Crippen molar-refractivity contribution in [1.82, 2.24) is 5.32 Å². The van der Waals surface area contributed by atoms with Gasteiger partial charge in [0.1, 0.15) is 5.92 Å². The van der Waals surface area contributed by atoms with Crippen LogP contribution in [0, 0.1) is 34.0 Å². The Balaban J connectivity index is 1.76. The van der Waals surface area contributed by atoms with Gasteiger partial charge in [-0.1, -0.05) is 25.6 Å². The number of carbonyl (C=O) groups excluding carboxylic acids is 2. The Labute approximate surface area is 166 Å². The van der Waals surface area contributed by atoms with Crippen molar-refractivity contribution in [3.05, 3.63) is 28.8 Å². The Morgan fingerprint density at radius 2 is 2.07 bits per heavy atom. The summed E-state index contributed by atoms with van der Waals surface area (Å²) in [6.07, 6.45) is 0. The Kier molecular flexibility index (Phi) is 5.21. The van der Waals surface area contributed by atoms with Crippen LogP contribution < -0.4 is 20.1 Å². The molecule has 0 saturated heterocycles. The van der Waals surface area contributed by atoms with Gasteiger partial charge in [0, 0.05) is 17.2 Å². The number of rotatable bonds is 4. The van der Waals surface area contributed by atoms with E-state index in [2.05, 4.69) is 16.7 Å². The maximum absolute atomic E-state index is 12.6. The van der Waals surface area contributed by atoms with Crippen LogP contribution in [0.4, 0.5) is 5.69 Å². The van der Waals surface area contributed by atoms with Crippen molar-refractivity contribution in [2.24, 2.45) is 11.3 Å². The van der Waals surface area contributed by atoms with E-state index in [1.165, 1.54) is 0 Å². The van der Waals surface area contributed by atoms with Gasteiger partial charge < -0.3 is 20.1 Å². The Morgan fingerprint density at radius 1 is 1.36 bits per heavy atom. The second kappa shape index (κ2) is 7.45. The largest absolute Gasteiger partial charge is 0.454 e. The Morgan fingerprint density at radius 3 is 2.75 bits per heavy atom. The van der Waals surface area contributed by atoms with Gasteiger partial charge >= 0.3 is 0 Å². The fourth-order valence-electron chi connectivity index (χ4n) is 2.96. The molecular formula is C19H18N4O4S. The average molecular weight is 398 g/mol. The smallest absolute Gasteiger partial charge is 0.243 e. The normalized spacial score (nSPS) is 20.6. The van der Waals surface area contributed by atoms with Gasteiger partial charge in [-0.3, -0.25) is 9.59 Å². The van der Waals surface area contributed by atoms with Gasteiger partial charge in [-0.15, -0.1) is 0 Å². The van der Waals surface area contributed by atoms with Crippen LogP contribution in [0.1, 0.15) is 20.8 Å². The van der Waals surface area contributed by atoms with E-state index in [4.69, 9.17) is 9.47 Å². The molecule has 2 aliphatic heterocycles. The van der Waals surface area contributed by atoms with Crippen molar-refractivity contribution in [1.29, 1.82) is 10.5 Å². The number of fused-ring (bicyclic) bond motifs is 1. The molecule has 2 N–H and O–H groups in total. The van der Waals surface area contributed by atoms with E-state index < -0.39 is 22.5 Å². The number of amides is 2. The maximum atomic E-state index is 12.6. The molecule has 0 bridgehead atoms. The van der Waals surface area contributed by atoms with Crippen molar-refractivity contribution >= 4 is 29.3 Å². The zero-order valence-corrected chi connectivity index (χ0v) is 16.3. The number of carbonyl (C=O) groups is 2. The molecule has 144 valence electrons. The van der Waals surface area contributed by atoms with Gasteiger partial charge in [0.25, 0.3) is 0 Å². The molecule has 0 aromatic heterocycles. The fraction of sp³-hybridized carbons (Fsp3) is 0.368. The first-order chi connectivity index (χ1) is 13.3. The average Bonchev–Trinajstić information content (AvgIpc) is 3.09. The zero-order valence-electron chi connectivity index (χ0n) is 15.5. The molecule has 0 aliphatic carbocycles. The highest BCUT2D eigenvalue weighted by molar-refractivity contribution is 8.04. The molecule has 2 aliphatic rings. The minimum atomic E-state index is -0.968. The van der Waals surface area contributed by atoms with E-state index in [0.29, 0.717) is 22.2 Å². The maximum Gasteiger partial charge on any atom is 0.243 e. The van der Waals surface area contributed by atoms with Gasteiger partial charge in [-0.2, -0.15) is 10.5 Å². The van der Waals surface area contributed by atoms with Crippen molar-refractivity contribution in [3.63, 3.8) is 0 Å². The van der Waals surface area contributed by atoms with Crippen molar-refractivity contribution in [3.8, 4) is 23.6 Å². The second-order valence-electron chi connectivity index (χ2n) is 6.91. The standard InChI is InChI=1S/C19H18N4O4S/c1-10(16(24)22-11-4-5-14-15(6-11)27-9-26-14)28-18-13(8-21)19(2,3)12(7-20)17(25)23-18/h4-6,10,12H,9H2,1-3H3,(H,22,24)(H,23,25). The molecule has 8 nitrogen and oxygen atoms in total. The lowest BCUT2D eigenvalue weighted by Gasteiger charge is -2.35. The van der Waals surface area contributed by atoms with Crippen LogP contribution in [0.3, 0.4) is 0 Å². The number of hydrogen-bond donors (Lipinski definition) is 2. The van der Waals surface area contributed by atoms with Gasteiger partial charge in [0.05, 0.1) is 28.0 Å². The van der Waals surface area contributed by atoms with Crippen LogP contribution in [0.25, 0.3) is 0 Å². The van der Waals surface area contributed by atoms with Crippen LogP contribution in [0.15, 0.2) is 28.8 Å². The third-order valence-corrected chi connectivity index (χ3v) is 5.75. The van der Waals surface area contributed by atoms with Gasteiger partial charge in [0.15, 0.2) is 11.5 Å². The first kappa shape index (κ1) is 19.6. The quantitative estimate of drug-likeness (QED) is 0.798. The predicted molar refractivity (Wildman–Crippen MR) is 102 cm³/mol. The number of nitriles is 2. The van der Waals surface area contributed by atoms with E-state index >= 15 is 0 Å². The molecule has 2 amide bonds. The van der Waals surface area contributed by atoms with E-state index in [0.717, 1.165) is 11.8 Å². The SMILES string of the molecule is CC(SC1=C(C#N)C(C)(C)C(C#N)C(=O)N1)C(=O)Nc1ccc2c(c1)OCO2. The summed E-state index contributed by atoms with van der Waals surface area (Å²) in [4.78, 5) is 24.8. The van der Waals surface area contributed by atoms with Crippen LogP contribution >= 0.6 is 11.8 Å². The minimum absolute atomic E-state index is 0.142. The molecule has 1 aromatic carbocycles. The molecule has 9 heteroatoms. The highest BCUT2D eigenvalue weighted by atomic mass is 32.2. The summed E-state index contributed by atoms with van der Waals surface area (Å²) in [7, 11) is 0. The van der Waals surface area contributed by atoms with Gasteiger partial charge in [-0.25, -0.2) is 0 Å². The van der Waals surface area contributed by atoms with Crippen LogP contribution in [0.2, 0.25) is 0 Å². The van der Waals surface area contributed by atoms with Crippen LogP contribution in [-0.4, -0.2) is 23.9 Å². The van der Waals surface area contributed by atoms with Crippen molar-refractivity contribution in [2.75, 3.05) is 12.1 Å². The number of nitrogens with one attached hydrogen (secondary N) is 2. The van der Waals surface area contributed by atoms with E-state index in [1.807, 2.05) is 6.07 Å². The first-order valence-electron chi connectivity index (χ1n) is 8.50. The van der Waals surface area contributed by atoms with Crippen LogP contribution in [-0.2, 0) is 9.59 Å². The van der Waals surface area contributed by atoms with Crippen molar-refractivity contribution < 1.29 is 19.1 Å². The lowest BCUT2D eigenvalue weighted by atomic mass is 9.72. The summed E-state index contributed by atoms with van der Waals surface area (Å²) in [6.45, 7) is 5.17. The highest BCUT2D eigenvalue weighted by Gasteiger charge is 2.45. The topological polar surface area (TPSA) is 124 Å². The Bertz CT molecular complexity index is 958. The number of benzene rings is 1. The number of nitrogens with zero attached hydrogens (tertiary/aromatic N) is 2. The number of anilines is 1.